The van der Waals surface area contributed by atoms with Gasteiger partial charge in [-0.2, -0.15) is 13.5 Å². The minimum absolute atomic E-state index is 0.182. The van der Waals surface area contributed by atoms with Crippen molar-refractivity contribution < 1.29 is 26.0 Å². The average Bonchev–Trinajstić information content (AvgIpc) is 2.57. The molecule has 0 atom stereocenters. The van der Waals surface area contributed by atoms with E-state index in [1.807, 2.05) is 0 Å². The zero-order chi connectivity index (χ0) is 19.2. The molecule has 1 N–H and O–H groups in total. The highest BCUT2D eigenvalue weighted by Gasteiger charge is 2.12. The second kappa shape index (κ2) is 8.63. The van der Waals surface area contributed by atoms with E-state index >= 15 is 0 Å². The number of hydrazone groups is 1. The highest BCUT2D eigenvalue weighted by molar-refractivity contribution is 7.81. The molecule has 2 aromatic carbocycles. The highest BCUT2D eigenvalue weighted by atomic mass is 35.5. The van der Waals surface area contributed by atoms with Gasteiger partial charge in [0, 0.05) is 16.1 Å². The third kappa shape index (κ3) is 6.01. The van der Waals surface area contributed by atoms with Gasteiger partial charge in [0.05, 0.1) is 12.3 Å². The molecule has 10 heteroatoms. The number of halogens is 2. The monoisotopic (exact) mass is 400 g/mol. The van der Waals surface area contributed by atoms with E-state index in [1.165, 1.54) is 24.3 Å². The molecule has 0 saturated heterocycles. The lowest BCUT2D eigenvalue weighted by molar-refractivity contribution is 0.152. The van der Waals surface area contributed by atoms with Crippen LogP contribution in [0.5, 0.6) is 5.75 Å². The number of ether oxygens (including phenoxy) is 1. The zero-order valence-corrected chi connectivity index (χ0v) is 15.1. The second-order valence-electron chi connectivity index (χ2n) is 4.80. The molecule has 0 aliphatic carbocycles. The van der Waals surface area contributed by atoms with Crippen LogP contribution in [-0.2, 0) is 15.2 Å². The third-order valence-electron chi connectivity index (χ3n) is 2.98. The lowest BCUT2D eigenvalue weighted by Gasteiger charge is -2.09. The Balaban J connectivity index is 2.35. The smallest absolute Gasteiger partial charge is 0.449 e. The molecule has 2 aromatic rings. The molecule has 0 bridgehead atoms. The van der Waals surface area contributed by atoms with Gasteiger partial charge in [-0.25, -0.2) is 10.2 Å². The summed E-state index contributed by atoms with van der Waals surface area (Å²) >= 11 is 5.87. The lowest BCUT2D eigenvalue weighted by Crippen LogP contribution is -2.21. The Morgan fingerprint density at radius 1 is 1.12 bits per heavy atom. The van der Waals surface area contributed by atoms with Gasteiger partial charge in [-0.1, -0.05) is 27.6 Å². The predicted octanol–water partition coefficient (Wildman–Crippen LogP) is 3.43. The SMILES string of the molecule is CCOC(=O)NN=C(c1ccc(Cl)cc1)c1ccc(OS(=O)(=O)F)cc1. The van der Waals surface area contributed by atoms with E-state index in [9.17, 15) is 17.1 Å². The summed E-state index contributed by atoms with van der Waals surface area (Å²) < 4.78 is 42.5. The first-order valence-corrected chi connectivity index (χ1v) is 8.98. The van der Waals surface area contributed by atoms with E-state index in [0.717, 1.165) is 0 Å². The van der Waals surface area contributed by atoms with Crippen LogP contribution < -0.4 is 9.61 Å². The van der Waals surface area contributed by atoms with Crippen molar-refractivity contribution in [3.8, 4) is 5.75 Å². The number of nitrogens with one attached hydrogen (secondary N) is 1. The molecule has 0 aliphatic heterocycles. The van der Waals surface area contributed by atoms with Gasteiger partial charge >= 0.3 is 16.6 Å². The second-order valence-corrected chi connectivity index (χ2v) is 6.19. The van der Waals surface area contributed by atoms with Crippen molar-refractivity contribution in [1.82, 2.24) is 5.43 Å². The van der Waals surface area contributed by atoms with Gasteiger partial charge in [-0.05, 0) is 43.3 Å². The van der Waals surface area contributed by atoms with Crippen molar-refractivity contribution in [2.75, 3.05) is 6.61 Å². The van der Waals surface area contributed by atoms with Gasteiger partial charge in [0.1, 0.15) is 5.75 Å². The molecule has 0 radical (unpaired) electrons. The van der Waals surface area contributed by atoms with Crippen LogP contribution in [0, 0.1) is 0 Å². The Kier molecular flexibility index (Phi) is 6.53. The normalized spacial score (nSPS) is 11.7. The van der Waals surface area contributed by atoms with Crippen molar-refractivity contribution in [3.05, 3.63) is 64.7 Å². The first-order valence-electron chi connectivity index (χ1n) is 7.29. The van der Waals surface area contributed by atoms with Gasteiger partial charge in [-0.3, -0.25) is 0 Å². The number of amides is 1. The summed E-state index contributed by atoms with van der Waals surface area (Å²) in [5.74, 6) is -0.204. The molecule has 0 spiro atoms. The van der Waals surface area contributed by atoms with E-state index < -0.39 is 16.6 Å². The number of carbonyl (C=O) groups excluding carboxylic acids is 1. The van der Waals surface area contributed by atoms with Crippen LogP contribution in [0.3, 0.4) is 0 Å². The zero-order valence-electron chi connectivity index (χ0n) is 13.5. The molecule has 1 amide bonds. The summed E-state index contributed by atoms with van der Waals surface area (Å²) in [6.45, 7) is 1.84. The van der Waals surface area contributed by atoms with E-state index in [2.05, 4.69) is 14.7 Å². The molecule has 2 rings (SSSR count). The molecular formula is C16H14ClFN2O5S. The molecular weight excluding hydrogens is 387 g/mol. The maximum Gasteiger partial charge on any atom is 0.488 e. The van der Waals surface area contributed by atoms with Gasteiger partial charge < -0.3 is 8.92 Å². The van der Waals surface area contributed by atoms with Gasteiger partial charge in [0.25, 0.3) is 0 Å². The maximum atomic E-state index is 12.6. The van der Waals surface area contributed by atoms with Crippen molar-refractivity contribution >= 4 is 33.9 Å². The van der Waals surface area contributed by atoms with Gasteiger partial charge in [0.2, 0.25) is 0 Å². The Hall–Kier alpha value is -2.65. The molecule has 138 valence electrons. The van der Waals surface area contributed by atoms with Crippen LogP contribution >= 0.6 is 11.6 Å². The van der Waals surface area contributed by atoms with Crippen molar-refractivity contribution in [1.29, 1.82) is 0 Å². The molecule has 26 heavy (non-hydrogen) atoms. The molecule has 0 unspecified atom stereocenters. The summed E-state index contributed by atoms with van der Waals surface area (Å²) in [6.07, 6.45) is -0.734. The molecule has 0 aromatic heterocycles. The first kappa shape index (κ1) is 19.7. The van der Waals surface area contributed by atoms with E-state index in [1.54, 1.807) is 31.2 Å². The summed E-state index contributed by atoms with van der Waals surface area (Å²) in [4.78, 5) is 11.5. The van der Waals surface area contributed by atoms with Crippen LogP contribution in [0.2, 0.25) is 5.02 Å². The van der Waals surface area contributed by atoms with Crippen molar-refractivity contribution in [2.24, 2.45) is 5.10 Å². The van der Waals surface area contributed by atoms with E-state index in [0.29, 0.717) is 21.9 Å². The Bertz CT molecular complexity index is 899. The Morgan fingerprint density at radius 2 is 1.65 bits per heavy atom. The largest absolute Gasteiger partial charge is 0.488 e. The number of hydrogen-bond acceptors (Lipinski definition) is 6. The molecule has 7 nitrogen and oxygen atoms in total. The first-order chi connectivity index (χ1) is 12.3. The van der Waals surface area contributed by atoms with Crippen LogP contribution in [-0.4, -0.2) is 26.8 Å². The minimum Gasteiger partial charge on any atom is -0.449 e. The lowest BCUT2D eigenvalue weighted by atomic mass is 10.0. The van der Waals surface area contributed by atoms with Gasteiger partial charge in [-0.15, -0.1) is 0 Å². The maximum absolute atomic E-state index is 12.6. The number of benzene rings is 2. The van der Waals surface area contributed by atoms with Crippen LogP contribution in [0.25, 0.3) is 0 Å². The van der Waals surface area contributed by atoms with Crippen LogP contribution in [0.4, 0.5) is 8.68 Å². The number of rotatable bonds is 6. The Morgan fingerprint density at radius 3 is 2.15 bits per heavy atom. The summed E-state index contributed by atoms with van der Waals surface area (Å²) in [5.41, 5.74) is 3.74. The fraction of sp³-hybridized carbons (Fsp3) is 0.125. The third-order valence-corrected chi connectivity index (χ3v) is 3.62. The Labute approximate surface area is 154 Å². The molecule has 0 fully saturated rings. The fourth-order valence-electron chi connectivity index (χ4n) is 1.95. The summed E-state index contributed by atoms with van der Waals surface area (Å²) in [5, 5.41) is 4.55. The topological polar surface area (TPSA) is 94.1 Å². The van der Waals surface area contributed by atoms with Crippen molar-refractivity contribution in [2.45, 2.75) is 6.92 Å². The standard InChI is InChI=1S/C16H14ClFN2O5S/c1-2-24-16(21)20-19-15(11-3-7-13(17)8-4-11)12-5-9-14(10-6-12)25-26(18,22)23/h3-10H,2H2,1H3,(H,20,21). The number of hydrogen-bond donors (Lipinski definition) is 1. The van der Waals surface area contributed by atoms with Crippen LogP contribution in [0.1, 0.15) is 18.1 Å². The quantitative estimate of drug-likeness (QED) is 0.455. The minimum atomic E-state index is -5.11. The van der Waals surface area contributed by atoms with Crippen LogP contribution in [0.15, 0.2) is 53.6 Å². The molecule has 0 aliphatic rings. The summed E-state index contributed by atoms with van der Waals surface area (Å²) in [7, 11) is -5.11. The number of nitrogens with zero attached hydrogens (tertiary/aromatic N) is 1. The molecule has 0 saturated carbocycles. The van der Waals surface area contributed by atoms with Gasteiger partial charge in [0.15, 0.2) is 0 Å². The molecule has 0 heterocycles. The van der Waals surface area contributed by atoms with E-state index in [4.69, 9.17) is 16.3 Å². The van der Waals surface area contributed by atoms with E-state index in [-0.39, 0.29) is 12.4 Å². The van der Waals surface area contributed by atoms with Crippen molar-refractivity contribution in [3.63, 3.8) is 0 Å². The average molecular weight is 401 g/mol. The fourth-order valence-corrected chi connectivity index (χ4v) is 2.42. The number of carbonyl (C=O) groups is 1. The predicted molar refractivity (Wildman–Crippen MR) is 94.3 cm³/mol. The highest BCUT2D eigenvalue weighted by Crippen LogP contribution is 2.19. The summed E-state index contributed by atoms with van der Waals surface area (Å²) in [6, 6.07) is 12.1.